The van der Waals surface area contributed by atoms with Crippen molar-refractivity contribution in [1.29, 1.82) is 0 Å². The van der Waals surface area contributed by atoms with E-state index in [1.807, 2.05) is 98.0 Å². The van der Waals surface area contributed by atoms with E-state index in [9.17, 15) is 18.0 Å². The Bertz CT molecular complexity index is 3280. The number of hydrogen-bond donors (Lipinski definition) is 2. The molecule has 0 spiro atoms. The molecule has 1 amide bonds. The van der Waals surface area contributed by atoms with Crippen molar-refractivity contribution in [1.82, 2.24) is 4.57 Å². The van der Waals surface area contributed by atoms with Crippen LogP contribution in [0, 0.1) is 0 Å². The highest BCUT2D eigenvalue weighted by molar-refractivity contribution is 7.92. The fourth-order valence-electron chi connectivity index (χ4n) is 10.5. The van der Waals surface area contributed by atoms with E-state index in [1.165, 1.54) is 74.9 Å². The third kappa shape index (κ3) is 16.1. The lowest BCUT2D eigenvalue weighted by Crippen LogP contribution is -2.40. The molecular weight excluding hydrogens is 1050 g/mol. The van der Waals surface area contributed by atoms with Crippen LogP contribution >= 0.6 is 11.6 Å². The Morgan fingerprint density at radius 3 is 1.99 bits per heavy atom. The number of carbonyl (C=O) groups excluding carboxylic acids is 3. The van der Waals surface area contributed by atoms with Crippen LogP contribution in [-0.2, 0) is 39.6 Å². The predicted molar refractivity (Wildman–Crippen MR) is 319 cm³/mol. The summed E-state index contributed by atoms with van der Waals surface area (Å²) in [6.45, 7) is 6.49. The number of aromatic nitrogens is 1. The monoisotopic (exact) mass is 1120 g/mol. The second-order valence-corrected chi connectivity index (χ2v) is 23.3. The number of rotatable bonds is 29. The van der Waals surface area contributed by atoms with Crippen molar-refractivity contribution >= 4 is 61.6 Å². The van der Waals surface area contributed by atoms with Crippen LogP contribution in [0.1, 0.15) is 166 Å². The molecular formula is C66H76ClN3O9S. The summed E-state index contributed by atoms with van der Waals surface area (Å²) >= 11 is 6.52. The van der Waals surface area contributed by atoms with Gasteiger partial charge in [0.25, 0.3) is 15.9 Å². The molecule has 0 aliphatic heterocycles. The number of nitrogens with zero attached hydrogens (tertiary/aromatic N) is 1. The summed E-state index contributed by atoms with van der Waals surface area (Å²) in [4.78, 5) is 43.3. The third-order valence-corrected chi connectivity index (χ3v) is 16.4. The molecule has 1 unspecified atom stereocenters. The smallest absolute Gasteiger partial charge is 0.338 e. The molecule has 2 N–H and O–H groups in total. The standard InChI is InChI=1S/C66H76ClN3O9S/c1-5-6-7-8-9-10-11-12-13-22-41-76-66(73)51-33-39-56(67)58(43-51)69-80(74,75)54-38-40-57(60(44-54)78-46(2)3)68-65(72)64(63(71)61-55-27-20-21-28-59(55)70(4)62(61)50-25-18-15-19-26-50)79-53-36-31-48(32-37-53)42-47-29-34-52(35-30-47)77-45-49-23-16-14-17-24-49/h14,16-17,20-21,23-24,27-40,43-44,46,50,64,69H,5-13,15,18-19,22,25-26,41-42,45H2,1-4H3,(H,68,72). The first-order valence-corrected chi connectivity index (χ1v) is 30.4. The van der Waals surface area contributed by atoms with Gasteiger partial charge in [0.2, 0.25) is 11.9 Å². The van der Waals surface area contributed by atoms with Crippen LogP contribution in [-0.4, -0.2) is 49.5 Å². The van der Waals surface area contributed by atoms with Crippen LogP contribution in [0.4, 0.5) is 11.4 Å². The van der Waals surface area contributed by atoms with E-state index < -0.39 is 39.9 Å². The lowest BCUT2D eigenvalue weighted by molar-refractivity contribution is -0.120. The van der Waals surface area contributed by atoms with Gasteiger partial charge in [-0.25, -0.2) is 13.2 Å². The number of Topliss-reactive ketones (excluding diaryl/α,β-unsaturated/α-hetero) is 1. The largest absolute Gasteiger partial charge is 0.489 e. The highest BCUT2D eigenvalue weighted by Gasteiger charge is 2.37. The van der Waals surface area contributed by atoms with Gasteiger partial charge in [0, 0.05) is 29.7 Å². The van der Waals surface area contributed by atoms with Crippen molar-refractivity contribution in [3.63, 3.8) is 0 Å². The maximum atomic E-state index is 15.4. The summed E-state index contributed by atoms with van der Waals surface area (Å²) in [5, 5.41) is 3.69. The van der Waals surface area contributed by atoms with Gasteiger partial charge in [0.15, 0.2) is 0 Å². The normalized spacial score (nSPS) is 13.2. The van der Waals surface area contributed by atoms with Gasteiger partial charge in [-0.15, -0.1) is 0 Å². The molecule has 1 atom stereocenters. The van der Waals surface area contributed by atoms with Crippen molar-refractivity contribution in [2.45, 2.75) is 153 Å². The molecule has 7 aromatic rings. The fraction of sp³-hybridized carbons (Fsp3) is 0.379. The number of ether oxygens (including phenoxy) is 4. The van der Waals surface area contributed by atoms with Crippen LogP contribution in [0.25, 0.3) is 10.9 Å². The zero-order valence-corrected chi connectivity index (χ0v) is 48.2. The van der Waals surface area contributed by atoms with Crippen molar-refractivity contribution in [3.05, 3.63) is 178 Å². The quantitative estimate of drug-likeness (QED) is 0.0202. The second kappa shape index (κ2) is 28.9. The van der Waals surface area contributed by atoms with E-state index in [0.29, 0.717) is 24.3 Å². The average Bonchev–Trinajstić information content (AvgIpc) is 3.96. The predicted octanol–water partition coefficient (Wildman–Crippen LogP) is 16.0. The molecule has 1 aliphatic carbocycles. The van der Waals surface area contributed by atoms with Crippen molar-refractivity contribution in [3.8, 4) is 17.2 Å². The zero-order chi connectivity index (χ0) is 56.4. The Morgan fingerprint density at radius 1 is 0.675 bits per heavy atom. The summed E-state index contributed by atoms with van der Waals surface area (Å²) in [5.41, 5.74) is 5.59. The molecule has 1 saturated carbocycles. The maximum absolute atomic E-state index is 15.4. The topological polar surface area (TPSA) is 151 Å². The molecule has 1 heterocycles. The summed E-state index contributed by atoms with van der Waals surface area (Å²) in [6, 6.07) is 41.4. The maximum Gasteiger partial charge on any atom is 0.338 e. The third-order valence-electron chi connectivity index (χ3n) is 14.7. The number of anilines is 2. The van der Waals surface area contributed by atoms with E-state index in [4.69, 9.17) is 30.5 Å². The van der Waals surface area contributed by atoms with Gasteiger partial charge < -0.3 is 28.8 Å². The first-order chi connectivity index (χ1) is 38.8. The first kappa shape index (κ1) is 59.0. The number of benzene rings is 6. The minimum absolute atomic E-state index is 0.0183. The Morgan fingerprint density at radius 2 is 1.31 bits per heavy atom. The van der Waals surface area contributed by atoms with Crippen LogP contribution in [0.3, 0.4) is 0 Å². The molecule has 80 heavy (non-hydrogen) atoms. The highest BCUT2D eigenvalue weighted by Crippen LogP contribution is 2.40. The Kier molecular flexibility index (Phi) is 21.3. The molecule has 12 nitrogen and oxygen atoms in total. The van der Waals surface area contributed by atoms with Gasteiger partial charge >= 0.3 is 5.97 Å². The van der Waals surface area contributed by atoms with Crippen LogP contribution in [0.2, 0.25) is 5.02 Å². The Balaban J connectivity index is 0.998. The molecule has 422 valence electrons. The SMILES string of the molecule is CCCCCCCCCCCCOC(=O)c1ccc(Cl)c(NS(=O)(=O)c2ccc(NC(=O)C(Oc3ccc(Cc4ccc(OCc5ccccc5)cc4)cc3)C(=O)c3c(C4CCCCC4)n(C)c4ccccc34)c(OC(C)C)c2)c1. The van der Waals surface area contributed by atoms with Crippen molar-refractivity contribution < 1.29 is 41.7 Å². The van der Waals surface area contributed by atoms with E-state index in [0.717, 1.165) is 96.8 Å². The number of carbonyl (C=O) groups is 3. The minimum Gasteiger partial charge on any atom is -0.489 e. The summed E-state index contributed by atoms with van der Waals surface area (Å²) in [5.74, 6) is -0.651. The summed E-state index contributed by atoms with van der Waals surface area (Å²) in [7, 11) is -2.39. The lowest BCUT2D eigenvalue weighted by Gasteiger charge is -2.25. The van der Waals surface area contributed by atoms with Gasteiger partial charge in [-0.05, 0) is 123 Å². The van der Waals surface area contributed by atoms with Gasteiger partial charge in [-0.3, -0.25) is 14.3 Å². The zero-order valence-electron chi connectivity index (χ0n) is 46.6. The van der Waals surface area contributed by atoms with Crippen molar-refractivity contribution in [2.24, 2.45) is 7.05 Å². The van der Waals surface area contributed by atoms with E-state index >= 15 is 4.79 Å². The number of unbranched alkanes of at least 4 members (excludes halogenated alkanes) is 9. The fourth-order valence-corrected chi connectivity index (χ4v) is 11.8. The Hall–Kier alpha value is -7.09. The number of ketones is 1. The number of esters is 1. The summed E-state index contributed by atoms with van der Waals surface area (Å²) in [6.07, 6.45) is 15.0. The minimum atomic E-state index is -4.37. The summed E-state index contributed by atoms with van der Waals surface area (Å²) < 4.78 is 57.1. The number of nitrogens with one attached hydrogen (secondary N) is 2. The molecule has 1 aliphatic rings. The van der Waals surface area contributed by atoms with Crippen LogP contribution in [0.15, 0.2) is 144 Å². The van der Waals surface area contributed by atoms with Crippen LogP contribution in [0.5, 0.6) is 17.2 Å². The second-order valence-electron chi connectivity index (χ2n) is 21.2. The van der Waals surface area contributed by atoms with Gasteiger partial charge in [0.05, 0.1) is 45.1 Å². The number of fused-ring (bicyclic) bond motifs is 1. The first-order valence-electron chi connectivity index (χ1n) is 28.5. The van der Waals surface area contributed by atoms with E-state index in [2.05, 4.69) is 21.5 Å². The lowest BCUT2D eigenvalue weighted by atomic mass is 9.84. The number of sulfonamides is 1. The molecule has 1 fully saturated rings. The average molecular weight is 1120 g/mol. The van der Waals surface area contributed by atoms with E-state index in [-0.39, 0.29) is 45.1 Å². The number of amides is 1. The molecule has 8 rings (SSSR count). The molecule has 1 aromatic heterocycles. The molecule has 14 heteroatoms. The van der Waals surface area contributed by atoms with Gasteiger partial charge in [-0.2, -0.15) is 0 Å². The Labute approximate surface area is 477 Å². The van der Waals surface area contributed by atoms with Gasteiger partial charge in [0.1, 0.15) is 23.9 Å². The highest BCUT2D eigenvalue weighted by atomic mass is 35.5. The molecule has 0 saturated heterocycles. The molecule has 0 radical (unpaired) electrons. The van der Waals surface area contributed by atoms with Crippen LogP contribution < -0.4 is 24.2 Å². The number of para-hydroxylation sites is 1. The molecule has 6 aromatic carbocycles. The number of hydrogen-bond acceptors (Lipinski definition) is 9. The molecule has 0 bridgehead atoms. The van der Waals surface area contributed by atoms with E-state index in [1.54, 1.807) is 26.0 Å². The van der Waals surface area contributed by atoms with Gasteiger partial charge in [-0.1, -0.05) is 168 Å². The number of aryl methyl sites for hydroxylation is 1. The van der Waals surface area contributed by atoms with Crippen molar-refractivity contribution in [2.75, 3.05) is 16.6 Å². The number of halogens is 1.